The van der Waals surface area contributed by atoms with Gasteiger partial charge in [-0.15, -0.1) is 23.5 Å². The van der Waals surface area contributed by atoms with Crippen molar-refractivity contribution in [3.63, 3.8) is 0 Å². The highest BCUT2D eigenvalue weighted by molar-refractivity contribution is 8.21. The lowest BCUT2D eigenvalue weighted by molar-refractivity contribution is -0.121. The first-order valence-electron chi connectivity index (χ1n) is 9.23. The second kappa shape index (κ2) is 10.7. The Morgan fingerprint density at radius 2 is 1.97 bits per heavy atom. The van der Waals surface area contributed by atoms with E-state index in [1.54, 1.807) is 37.6 Å². The van der Waals surface area contributed by atoms with E-state index in [4.69, 9.17) is 32.7 Å². The van der Waals surface area contributed by atoms with Gasteiger partial charge in [0.1, 0.15) is 6.61 Å². The van der Waals surface area contributed by atoms with Crippen LogP contribution in [0.2, 0.25) is 10.0 Å². The molecule has 2 aromatic carbocycles. The predicted octanol–water partition coefficient (Wildman–Crippen LogP) is 5.62. The molecule has 1 aliphatic heterocycles. The molecule has 0 aliphatic carbocycles. The number of carbonyl (C=O) groups is 1. The second-order valence-electron chi connectivity index (χ2n) is 6.74. The molecular weight excluding hydrogens is 463 g/mol. The first-order valence-corrected chi connectivity index (χ1v) is 12.0. The monoisotopic (exact) mass is 484 g/mol. The molecule has 2 aromatic rings. The van der Waals surface area contributed by atoms with Gasteiger partial charge in [-0.05, 0) is 42.8 Å². The van der Waals surface area contributed by atoms with Crippen LogP contribution < -0.4 is 14.9 Å². The van der Waals surface area contributed by atoms with Crippen molar-refractivity contribution in [2.45, 2.75) is 24.0 Å². The minimum Gasteiger partial charge on any atom is -0.493 e. The number of nitrogens with zero attached hydrogens (tertiary/aromatic N) is 1. The number of hydrogen-bond donors (Lipinski definition) is 1. The van der Waals surface area contributed by atoms with E-state index in [1.165, 1.54) is 0 Å². The number of ether oxygens (including phenoxy) is 2. The molecule has 1 aliphatic rings. The zero-order valence-corrected chi connectivity index (χ0v) is 19.8. The van der Waals surface area contributed by atoms with Crippen LogP contribution in [0.1, 0.15) is 24.5 Å². The first kappa shape index (κ1) is 23.1. The Kier molecular flexibility index (Phi) is 8.22. The zero-order chi connectivity index (χ0) is 21.6. The maximum atomic E-state index is 12.1. The molecule has 9 heteroatoms. The summed E-state index contributed by atoms with van der Waals surface area (Å²) < 4.78 is 11.2. The van der Waals surface area contributed by atoms with Crippen LogP contribution in [0.25, 0.3) is 0 Å². The van der Waals surface area contributed by atoms with Crippen LogP contribution in [0.3, 0.4) is 0 Å². The zero-order valence-electron chi connectivity index (χ0n) is 16.6. The molecule has 1 amide bonds. The number of hydrogen-bond acceptors (Lipinski definition) is 6. The maximum absolute atomic E-state index is 12.1. The Morgan fingerprint density at radius 1 is 1.20 bits per heavy atom. The molecule has 1 saturated heterocycles. The second-order valence-corrected chi connectivity index (χ2v) is 11.0. The molecule has 0 unspecified atom stereocenters. The number of methoxy groups -OCH3 is 1. The van der Waals surface area contributed by atoms with Gasteiger partial charge in [0.25, 0.3) is 0 Å². The molecule has 0 bridgehead atoms. The van der Waals surface area contributed by atoms with E-state index in [2.05, 4.69) is 17.5 Å². The van der Waals surface area contributed by atoms with Gasteiger partial charge in [-0.25, -0.2) is 5.43 Å². The fourth-order valence-electron chi connectivity index (χ4n) is 2.85. The predicted molar refractivity (Wildman–Crippen MR) is 127 cm³/mol. The van der Waals surface area contributed by atoms with Crippen molar-refractivity contribution in [1.82, 2.24) is 5.43 Å². The maximum Gasteiger partial charge on any atom is 0.242 e. The fourth-order valence-corrected chi connectivity index (χ4v) is 6.14. The van der Waals surface area contributed by atoms with Gasteiger partial charge >= 0.3 is 0 Å². The van der Waals surface area contributed by atoms with Crippen molar-refractivity contribution in [1.29, 1.82) is 0 Å². The van der Waals surface area contributed by atoms with Crippen LogP contribution in [-0.4, -0.2) is 34.8 Å². The summed E-state index contributed by atoms with van der Waals surface area (Å²) in [5, 5.41) is 5.19. The van der Waals surface area contributed by atoms with Crippen LogP contribution in [0, 0.1) is 0 Å². The van der Waals surface area contributed by atoms with Crippen molar-refractivity contribution in [2.24, 2.45) is 5.10 Å². The van der Waals surface area contributed by atoms with Crippen molar-refractivity contribution in [2.75, 3.05) is 18.6 Å². The number of rotatable bonds is 8. The molecule has 160 valence electrons. The Morgan fingerprint density at radius 3 is 2.67 bits per heavy atom. The summed E-state index contributed by atoms with van der Waals surface area (Å²) in [6.07, 6.45) is 2.01. The van der Waals surface area contributed by atoms with E-state index in [-0.39, 0.29) is 16.6 Å². The highest BCUT2D eigenvalue weighted by Gasteiger charge is 2.32. The molecule has 30 heavy (non-hydrogen) atoms. The molecule has 3 rings (SSSR count). The van der Waals surface area contributed by atoms with Gasteiger partial charge in [-0.2, -0.15) is 5.10 Å². The van der Waals surface area contributed by atoms with Crippen LogP contribution in [0.4, 0.5) is 0 Å². The number of halogens is 2. The van der Waals surface area contributed by atoms with Crippen molar-refractivity contribution >= 4 is 58.8 Å². The molecule has 1 fully saturated rings. The van der Waals surface area contributed by atoms with Crippen LogP contribution in [-0.2, 0) is 11.4 Å². The number of hydrazone groups is 1. The van der Waals surface area contributed by atoms with E-state index in [9.17, 15) is 4.79 Å². The summed E-state index contributed by atoms with van der Waals surface area (Å²) in [6.45, 7) is 2.38. The largest absolute Gasteiger partial charge is 0.493 e. The summed E-state index contributed by atoms with van der Waals surface area (Å²) in [6, 6.07) is 10.7. The van der Waals surface area contributed by atoms with E-state index < -0.39 is 0 Å². The number of benzene rings is 2. The van der Waals surface area contributed by atoms with Gasteiger partial charge in [-0.1, -0.05) is 29.3 Å². The molecule has 0 radical (unpaired) electrons. The van der Waals surface area contributed by atoms with Gasteiger partial charge in [0, 0.05) is 27.1 Å². The molecule has 1 N–H and O–H groups in total. The Balaban J connectivity index is 1.58. The molecule has 0 atom stereocenters. The molecule has 5 nitrogen and oxygen atoms in total. The smallest absolute Gasteiger partial charge is 0.242 e. The van der Waals surface area contributed by atoms with Gasteiger partial charge < -0.3 is 9.47 Å². The molecular formula is C21H22Cl2N2O3S2. The summed E-state index contributed by atoms with van der Waals surface area (Å²) in [7, 11) is 1.57. The van der Waals surface area contributed by atoms with Crippen LogP contribution >= 0.6 is 46.7 Å². The minimum absolute atomic E-state index is 0.0607. The van der Waals surface area contributed by atoms with Crippen molar-refractivity contribution in [3.8, 4) is 11.5 Å². The van der Waals surface area contributed by atoms with Gasteiger partial charge in [0.05, 0.1) is 23.8 Å². The summed E-state index contributed by atoms with van der Waals surface area (Å²) in [5.41, 5.74) is 4.20. The van der Waals surface area contributed by atoms with Crippen LogP contribution in [0.15, 0.2) is 41.5 Å². The van der Waals surface area contributed by atoms with E-state index in [0.29, 0.717) is 28.0 Å². The van der Waals surface area contributed by atoms with Gasteiger partial charge in [0.15, 0.2) is 11.5 Å². The van der Waals surface area contributed by atoms with Crippen molar-refractivity contribution in [3.05, 3.63) is 57.6 Å². The fraction of sp³-hybridized carbons (Fsp3) is 0.333. The Hall–Kier alpha value is -1.54. The Labute approximate surface area is 194 Å². The lowest BCUT2D eigenvalue weighted by Crippen LogP contribution is -2.26. The Bertz CT molecular complexity index is 934. The average Bonchev–Trinajstić information content (AvgIpc) is 3.13. The molecule has 0 spiro atoms. The highest BCUT2D eigenvalue weighted by Crippen LogP contribution is 2.45. The third-order valence-corrected chi connectivity index (χ3v) is 8.25. The molecule has 0 aromatic heterocycles. The highest BCUT2D eigenvalue weighted by atomic mass is 35.5. The third kappa shape index (κ3) is 6.48. The third-order valence-electron chi connectivity index (χ3n) is 4.37. The number of nitrogens with one attached hydrogen (secondary N) is 1. The SMILES string of the molecule is COc1cc(/C=N\NC(=O)CC2(C)SCCS2)ccc1OCc1ccc(Cl)cc1Cl. The number of thioether (sulfide) groups is 2. The molecule has 1 heterocycles. The summed E-state index contributed by atoms with van der Waals surface area (Å²) in [5.74, 6) is 3.20. The summed E-state index contributed by atoms with van der Waals surface area (Å²) in [4.78, 5) is 12.1. The summed E-state index contributed by atoms with van der Waals surface area (Å²) >= 11 is 15.8. The minimum atomic E-state index is -0.0950. The van der Waals surface area contributed by atoms with Gasteiger partial charge in [0.2, 0.25) is 5.91 Å². The van der Waals surface area contributed by atoms with Crippen LogP contribution in [0.5, 0.6) is 11.5 Å². The quantitative estimate of drug-likeness (QED) is 0.389. The lowest BCUT2D eigenvalue weighted by Gasteiger charge is -2.19. The van der Waals surface area contributed by atoms with Gasteiger partial charge in [-0.3, -0.25) is 4.79 Å². The van der Waals surface area contributed by atoms with Crippen molar-refractivity contribution < 1.29 is 14.3 Å². The topological polar surface area (TPSA) is 59.9 Å². The normalized spacial score (nSPS) is 15.3. The van der Waals surface area contributed by atoms with E-state index >= 15 is 0 Å². The average molecular weight is 485 g/mol. The van der Waals surface area contributed by atoms with E-state index in [0.717, 1.165) is 22.6 Å². The first-order chi connectivity index (χ1) is 14.4. The standard InChI is InChI=1S/C21H22Cl2N2O3S2/c1-21(29-7-8-30-21)11-20(26)25-24-12-14-3-6-18(19(9-14)27-2)28-13-15-4-5-16(22)10-17(15)23/h3-6,9-10,12H,7-8,11,13H2,1-2H3,(H,25,26)/b24-12-. The number of carbonyl (C=O) groups excluding carboxylic acids is 1. The molecule has 0 saturated carbocycles. The van der Waals surface area contributed by atoms with E-state index in [1.807, 2.05) is 35.7 Å². The number of amides is 1. The lowest BCUT2D eigenvalue weighted by atomic mass is 10.2.